The number of thiophene rings is 1. The molecule has 1 aromatic rings. The second-order valence-corrected chi connectivity index (χ2v) is 2.93. The smallest absolute Gasteiger partial charge is 0.349 e. The van der Waals surface area contributed by atoms with Crippen LogP contribution in [0.2, 0.25) is 0 Å². The highest BCUT2D eigenvalue weighted by Crippen LogP contribution is 2.20. The topological polar surface area (TPSA) is 69.4 Å². The third-order valence-electron chi connectivity index (χ3n) is 1.19. The average Bonchev–Trinajstić information content (AvgIpc) is 2.52. The summed E-state index contributed by atoms with van der Waals surface area (Å²) < 4.78 is 4.64. The van der Waals surface area contributed by atoms with Gasteiger partial charge in [-0.05, 0) is 6.92 Å². The van der Waals surface area contributed by atoms with Gasteiger partial charge < -0.3 is 4.74 Å². The Kier molecular flexibility index (Phi) is 2.97. The van der Waals surface area contributed by atoms with Crippen molar-refractivity contribution in [3.8, 4) is 0 Å². The highest BCUT2D eigenvalue weighted by atomic mass is 32.1. The highest BCUT2D eigenvalue weighted by Gasteiger charge is 2.16. The van der Waals surface area contributed by atoms with Gasteiger partial charge in [-0.3, -0.25) is 10.1 Å². The number of esters is 1. The van der Waals surface area contributed by atoms with Gasteiger partial charge >= 0.3 is 5.97 Å². The van der Waals surface area contributed by atoms with Crippen LogP contribution in [-0.2, 0) is 4.74 Å². The number of carbonyl (C=O) groups is 1. The van der Waals surface area contributed by atoms with Gasteiger partial charge in [0, 0.05) is 0 Å². The van der Waals surface area contributed by atoms with E-state index in [9.17, 15) is 14.9 Å². The Bertz CT molecular complexity index is 333. The van der Waals surface area contributed by atoms with Crippen LogP contribution in [0, 0.1) is 16.2 Å². The van der Waals surface area contributed by atoms with Gasteiger partial charge in [0.1, 0.15) is 4.88 Å². The van der Waals surface area contributed by atoms with Crippen molar-refractivity contribution in [2.75, 3.05) is 6.61 Å². The molecule has 0 bridgehead atoms. The van der Waals surface area contributed by atoms with E-state index in [1.54, 1.807) is 6.92 Å². The molecule has 0 aliphatic carbocycles. The van der Waals surface area contributed by atoms with Crippen molar-refractivity contribution in [2.24, 2.45) is 0 Å². The van der Waals surface area contributed by atoms with E-state index in [0.29, 0.717) is 0 Å². The van der Waals surface area contributed by atoms with Gasteiger partial charge in [-0.1, -0.05) is 0 Å². The molecule has 0 amide bonds. The summed E-state index contributed by atoms with van der Waals surface area (Å²) in [5, 5.41) is 11.5. The summed E-state index contributed by atoms with van der Waals surface area (Å²) in [5.41, 5.74) is -0.201. The molecule has 69 valence electrons. The molecule has 0 atom stereocenters. The van der Waals surface area contributed by atoms with Crippen molar-refractivity contribution in [1.29, 1.82) is 0 Å². The minimum absolute atomic E-state index is 0.133. The van der Waals surface area contributed by atoms with Crippen LogP contribution >= 0.6 is 11.3 Å². The molecule has 1 rings (SSSR count). The second kappa shape index (κ2) is 3.99. The largest absolute Gasteiger partial charge is 0.462 e. The Labute approximate surface area is 78.1 Å². The molecule has 1 heterocycles. The van der Waals surface area contributed by atoms with Crippen LogP contribution in [0.4, 0.5) is 5.69 Å². The summed E-state index contributed by atoms with van der Waals surface area (Å²) in [4.78, 5) is 20.8. The molecule has 13 heavy (non-hydrogen) atoms. The fourth-order valence-electron chi connectivity index (χ4n) is 0.674. The summed E-state index contributed by atoms with van der Waals surface area (Å²) in [6, 6.07) is 2.34. The van der Waals surface area contributed by atoms with Crippen molar-refractivity contribution in [3.05, 3.63) is 26.4 Å². The van der Waals surface area contributed by atoms with E-state index < -0.39 is 10.9 Å². The fourth-order valence-corrected chi connectivity index (χ4v) is 1.37. The SMILES string of the molecule is CCOC(=O)c1[c]c([N+](=O)[O-])cs1. The van der Waals surface area contributed by atoms with Crippen LogP contribution in [0.25, 0.3) is 0 Å². The zero-order valence-electron chi connectivity index (χ0n) is 6.77. The minimum Gasteiger partial charge on any atom is -0.462 e. The van der Waals surface area contributed by atoms with Gasteiger partial charge in [0.2, 0.25) is 0 Å². The number of nitro groups is 1. The first-order valence-electron chi connectivity index (χ1n) is 3.47. The van der Waals surface area contributed by atoms with Crippen LogP contribution in [0.15, 0.2) is 5.38 Å². The predicted octanol–water partition coefficient (Wildman–Crippen LogP) is 1.63. The first-order valence-corrected chi connectivity index (χ1v) is 4.35. The standard InChI is InChI=1S/C7H6NO4S/c1-2-12-7(9)6-3-5(4-13-6)8(10)11/h4H,2H2,1H3. The van der Waals surface area contributed by atoms with Crippen molar-refractivity contribution in [1.82, 2.24) is 0 Å². The van der Waals surface area contributed by atoms with Gasteiger partial charge in [0.05, 0.1) is 23.0 Å². The number of ether oxygens (including phenoxy) is 1. The van der Waals surface area contributed by atoms with E-state index in [2.05, 4.69) is 10.8 Å². The fraction of sp³-hybridized carbons (Fsp3) is 0.286. The van der Waals surface area contributed by atoms with E-state index >= 15 is 0 Å². The van der Waals surface area contributed by atoms with Crippen molar-refractivity contribution >= 4 is 23.0 Å². The third kappa shape index (κ3) is 2.25. The zero-order valence-corrected chi connectivity index (χ0v) is 7.59. The molecule has 5 nitrogen and oxygen atoms in total. The number of nitrogens with zero attached hydrogens (tertiary/aromatic N) is 1. The summed E-state index contributed by atoms with van der Waals surface area (Å²) in [7, 11) is 0. The maximum absolute atomic E-state index is 11.0. The van der Waals surface area contributed by atoms with E-state index in [1.165, 1.54) is 5.38 Å². The van der Waals surface area contributed by atoms with Crippen molar-refractivity contribution < 1.29 is 14.5 Å². The molecule has 0 spiro atoms. The lowest BCUT2D eigenvalue weighted by molar-refractivity contribution is -0.384. The molecule has 6 heteroatoms. The summed E-state index contributed by atoms with van der Waals surface area (Å²) in [5.74, 6) is -0.569. The zero-order chi connectivity index (χ0) is 9.84. The quantitative estimate of drug-likeness (QED) is 0.422. The Balaban J connectivity index is 2.79. The molecule has 0 saturated carbocycles. The summed E-state index contributed by atoms with van der Waals surface area (Å²) >= 11 is 0.954. The van der Waals surface area contributed by atoms with Crippen molar-refractivity contribution in [3.63, 3.8) is 0 Å². The normalized spacial score (nSPS) is 9.62. The number of carbonyl (C=O) groups excluding carboxylic acids is 1. The van der Waals surface area contributed by atoms with Gasteiger partial charge in [-0.15, -0.1) is 11.3 Å². The van der Waals surface area contributed by atoms with Crippen LogP contribution in [-0.4, -0.2) is 17.5 Å². The summed E-state index contributed by atoms with van der Waals surface area (Å²) in [6.45, 7) is 1.91. The minimum atomic E-state index is -0.598. The van der Waals surface area contributed by atoms with Gasteiger partial charge in [0.25, 0.3) is 5.69 Å². The Morgan fingerprint density at radius 2 is 2.54 bits per heavy atom. The molecule has 0 aliphatic heterocycles. The first kappa shape index (κ1) is 9.66. The molecule has 0 aromatic carbocycles. The predicted molar refractivity (Wildman–Crippen MR) is 45.8 cm³/mol. The van der Waals surface area contributed by atoms with Gasteiger partial charge in [-0.25, -0.2) is 4.79 Å². The van der Waals surface area contributed by atoms with Crippen LogP contribution in [0.5, 0.6) is 0 Å². The van der Waals surface area contributed by atoms with Gasteiger partial charge in [-0.2, -0.15) is 0 Å². The van der Waals surface area contributed by atoms with Crippen LogP contribution in [0.3, 0.4) is 0 Å². The molecule has 1 radical (unpaired) electrons. The lowest BCUT2D eigenvalue weighted by atomic mass is 10.4. The number of hydrogen-bond donors (Lipinski definition) is 0. The Morgan fingerprint density at radius 1 is 1.85 bits per heavy atom. The van der Waals surface area contributed by atoms with Crippen LogP contribution < -0.4 is 0 Å². The Hall–Kier alpha value is -1.43. The first-order chi connectivity index (χ1) is 6.15. The molecular weight excluding hydrogens is 194 g/mol. The maximum atomic E-state index is 11.0. The number of rotatable bonds is 3. The van der Waals surface area contributed by atoms with E-state index in [1.807, 2.05) is 0 Å². The monoisotopic (exact) mass is 200 g/mol. The lowest BCUT2D eigenvalue weighted by Crippen LogP contribution is -2.01. The lowest BCUT2D eigenvalue weighted by Gasteiger charge is -1.95. The molecule has 0 saturated heterocycles. The molecule has 0 unspecified atom stereocenters. The molecule has 0 fully saturated rings. The van der Waals surface area contributed by atoms with Crippen LogP contribution in [0.1, 0.15) is 16.6 Å². The third-order valence-corrected chi connectivity index (χ3v) is 2.03. The van der Waals surface area contributed by atoms with E-state index in [4.69, 9.17) is 0 Å². The average molecular weight is 200 g/mol. The Morgan fingerprint density at radius 3 is 3.00 bits per heavy atom. The summed E-state index contributed by atoms with van der Waals surface area (Å²) in [6.07, 6.45) is 0. The van der Waals surface area contributed by atoms with Crippen molar-refractivity contribution in [2.45, 2.75) is 6.92 Å². The number of hydrogen-bond acceptors (Lipinski definition) is 5. The molecule has 1 aromatic heterocycles. The molecular formula is C7H6NO4S. The maximum Gasteiger partial charge on any atom is 0.349 e. The van der Waals surface area contributed by atoms with E-state index in [0.717, 1.165) is 11.3 Å². The second-order valence-electron chi connectivity index (χ2n) is 2.05. The highest BCUT2D eigenvalue weighted by molar-refractivity contribution is 7.12. The van der Waals surface area contributed by atoms with E-state index in [-0.39, 0.29) is 17.2 Å². The molecule has 0 aliphatic rings. The molecule has 0 N–H and O–H groups in total. The van der Waals surface area contributed by atoms with Gasteiger partial charge in [0.15, 0.2) is 0 Å².